The molecule has 0 bridgehead atoms. The van der Waals surface area contributed by atoms with Gasteiger partial charge >= 0.3 is 5.97 Å². The first-order valence-electron chi connectivity index (χ1n) is 8.15. The van der Waals surface area contributed by atoms with E-state index in [0.717, 1.165) is 25.8 Å². The lowest BCUT2D eigenvalue weighted by Crippen LogP contribution is -2.46. The van der Waals surface area contributed by atoms with Gasteiger partial charge in [-0.3, -0.25) is 9.59 Å². The fraction of sp³-hybridized carbons (Fsp3) is 0.875. The molecule has 0 aromatic heterocycles. The fourth-order valence-electron chi connectivity index (χ4n) is 4.40. The highest BCUT2D eigenvalue weighted by molar-refractivity contribution is 5.86. The number of carbonyl (C=O) groups excluding carboxylic acids is 1. The first-order valence-corrected chi connectivity index (χ1v) is 8.15. The molecule has 3 rings (SSSR count). The van der Waals surface area contributed by atoms with Crippen molar-refractivity contribution in [3.05, 3.63) is 0 Å². The summed E-state index contributed by atoms with van der Waals surface area (Å²) in [6.45, 7) is 0.843. The number of hydrogen-bond acceptors (Lipinski definition) is 2. The number of rotatable bonds is 4. The summed E-state index contributed by atoms with van der Waals surface area (Å²) in [5, 5.41) is 9.38. The normalized spacial score (nSPS) is 29.4. The van der Waals surface area contributed by atoms with Crippen molar-refractivity contribution >= 4 is 11.9 Å². The quantitative estimate of drug-likeness (QED) is 0.861. The van der Waals surface area contributed by atoms with E-state index < -0.39 is 11.4 Å². The van der Waals surface area contributed by atoms with Crippen molar-refractivity contribution in [3.63, 3.8) is 0 Å². The summed E-state index contributed by atoms with van der Waals surface area (Å²) in [6, 6.07) is 0.399. The van der Waals surface area contributed by atoms with Crippen LogP contribution in [0.4, 0.5) is 0 Å². The molecule has 20 heavy (non-hydrogen) atoms. The van der Waals surface area contributed by atoms with Crippen molar-refractivity contribution in [2.75, 3.05) is 6.54 Å². The van der Waals surface area contributed by atoms with Crippen molar-refractivity contribution in [3.8, 4) is 0 Å². The van der Waals surface area contributed by atoms with E-state index in [4.69, 9.17) is 0 Å². The van der Waals surface area contributed by atoms with E-state index in [1.807, 2.05) is 4.90 Å². The van der Waals surface area contributed by atoms with Crippen LogP contribution in [0.3, 0.4) is 0 Å². The first kappa shape index (κ1) is 13.9. The van der Waals surface area contributed by atoms with Gasteiger partial charge in [-0.15, -0.1) is 0 Å². The Bertz CT molecular complexity index is 397. The van der Waals surface area contributed by atoms with Crippen LogP contribution in [-0.2, 0) is 9.59 Å². The van der Waals surface area contributed by atoms with Crippen molar-refractivity contribution in [2.24, 2.45) is 11.3 Å². The summed E-state index contributed by atoms with van der Waals surface area (Å²) in [5.74, 6) is -0.00108. The molecule has 1 aliphatic heterocycles. The van der Waals surface area contributed by atoms with Gasteiger partial charge in [-0.1, -0.05) is 19.3 Å². The molecule has 2 saturated carbocycles. The Kier molecular flexibility index (Phi) is 3.74. The van der Waals surface area contributed by atoms with Gasteiger partial charge in [0.1, 0.15) is 0 Å². The lowest BCUT2D eigenvalue weighted by molar-refractivity contribution is -0.160. The van der Waals surface area contributed by atoms with E-state index in [2.05, 4.69) is 0 Å². The van der Waals surface area contributed by atoms with Gasteiger partial charge in [0.2, 0.25) is 5.91 Å². The van der Waals surface area contributed by atoms with E-state index in [9.17, 15) is 14.7 Å². The third-order valence-corrected chi connectivity index (χ3v) is 5.82. The maximum absolute atomic E-state index is 12.6. The molecule has 4 nitrogen and oxygen atoms in total. The minimum Gasteiger partial charge on any atom is -0.481 e. The van der Waals surface area contributed by atoms with Gasteiger partial charge < -0.3 is 10.0 Å². The van der Waals surface area contributed by atoms with E-state index >= 15 is 0 Å². The molecule has 3 aliphatic rings. The van der Waals surface area contributed by atoms with Crippen LogP contribution in [0.1, 0.15) is 64.2 Å². The number of carboxylic acids is 1. The van der Waals surface area contributed by atoms with Crippen molar-refractivity contribution in [1.29, 1.82) is 0 Å². The molecule has 1 amide bonds. The molecule has 3 fully saturated rings. The molecule has 0 aromatic rings. The first-order chi connectivity index (χ1) is 9.62. The highest BCUT2D eigenvalue weighted by Gasteiger charge is 2.48. The van der Waals surface area contributed by atoms with Gasteiger partial charge in [-0.05, 0) is 44.4 Å². The smallest absolute Gasteiger partial charge is 0.310 e. The standard InChI is InChI=1S/C16H25NO3/c18-14(11-16(15(19)20)8-4-9-16)17-10-3-7-13(17)12-5-1-2-6-12/h12-13H,1-11H2,(H,19,20). The second kappa shape index (κ2) is 5.38. The fourth-order valence-corrected chi connectivity index (χ4v) is 4.40. The maximum Gasteiger partial charge on any atom is 0.310 e. The van der Waals surface area contributed by atoms with Crippen LogP contribution in [0.15, 0.2) is 0 Å². The number of likely N-dealkylation sites (tertiary alicyclic amines) is 1. The Morgan fingerprint density at radius 1 is 1.05 bits per heavy atom. The third-order valence-electron chi connectivity index (χ3n) is 5.82. The van der Waals surface area contributed by atoms with Crippen molar-refractivity contribution in [2.45, 2.75) is 70.3 Å². The van der Waals surface area contributed by atoms with E-state index in [1.165, 1.54) is 25.7 Å². The molecule has 1 atom stereocenters. The van der Waals surface area contributed by atoms with Gasteiger partial charge in [0.15, 0.2) is 0 Å². The van der Waals surface area contributed by atoms with Crippen LogP contribution in [0.25, 0.3) is 0 Å². The molecule has 1 unspecified atom stereocenters. The minimum atomic E-state index is -0.770. The molecule has 0 spiro atoms. The number of hydrogen-bond donors (Lipinski definition) is 1. The van der Waals surface area contributed by atoms with E-state index in [1.54, 1.807) is 0 Å². The minimum absolute atomic E-state index is 0.0986. The Balaban J connectivity index is 1.65. The number of carbonyl (C=O) groups is 2. The van der Waals surface area contributed by atoms with Gasteiger partial charge in [0, 0.05) is 19.0 Å². The summed E-state index contributed by atoms with van der Waals surface area (Å²) in [7, 11) is 0. The zero-order chi connectivity index (χ0) is 14.2. The summed E-state index contributed by atoms with van der Waals surface area (Å²) >= 11 is 0. The molecule has 0 aromatic carbocycles. The summed E-state index contributed by atoms with van der Waals surface area (Å²) in [5.41, 5.74) is -0.736. The number of aliphatic carboxylic acids is 1. The summed E-state index contributed by atoms with van der Waals surface area (Å²) in [4.78, 5) is 26.0. The van der Waals surface area contributed by atoms with Crippen LogP contribution in [0, 0.1) is 11.3 Å². The molecule has 0 radical (unpaired) electrons. The van der Waals surface area contributed by atoms with Crippen LogP contribution >= 0.6 is 0 Å². The SMILES string of the molecule is O=C(CC1(C(=O)O)CCC1)N1CCCC1C1CCCC1. The lowest BCUT2D eigenvalue weighted by Gasteiger charge is -2.39. The van der Waals surface area contributed by atoms with E-state index in [0.29, 0.717) is 24.8 Å². The Morgan fingerprint density at radius 3 is 2.30 bits per heavy atom. The molecular weight excluding hydrogens is 254 g/mol. The molecular formula is C16H25NO3. The van der Waals surface area contributed by atoms with Crippen molar-refractivity contribution < 1.29 is 14.7 Å². The number of amides is 1. The zero-order valence-corrected chi connectivity index (χ0v) is 12.1. The Labute approximate surface area is 120 Å². The predicted molar refractivity (Wildman–Crippen MR) is 75.2 cm³/mol. The van der Waals surface area contributed by atoms with Crippen LogP contribution in [-0.4, -0.2) is 34.5 Å². The Hall–Kier alpha value is -1.06. The molecule has 112 valence electrons. The van der Waals surface area contributed by atoms with Crippen LogP contribution in [0.5, 0.6) is 0 Å². The highest BCUT2D eigenvalue weighted by Crippen LogP contribution is 2.45. The Morgan fingerprint density at radius 2 is 1.75 bits per heavy atom. The summed E-state index contributed by atoms with van der Waals surface area (Å²) < 4.78 is 0. The summed E-state index contributed by atoms with van der Waals surface area (Å²) in [6.07, 6.45) is 9.83. The van der Waals surface area contributed by atoms with Gasteiger partial charge in [0.05, 0.1) is 5.41 Å². The van der Waals surface area contributed by atoms with Gasteiger partial charge in [-0.25, -0.2) is 0 Å². The molecule has 4 heteroatoms. The maximum atomic E-state index is 12.6. The van der Waals surface area contributed by atoms with Crippen LogP contribution < -0.4 is 0 Å². The average molecular weight is 279 g/mol. The van der Waals surface area contributed by atoms with Gasteiger partial charge in [0.25, 0.3) is 0 Å². The highest BCUT2D eigenvalue weighted by atomic mass is 16.4. The topological polar surface area (TPSA) is 57.6 Å². The van der Waals surface area contributed by atoms with Crippen molar-refractivity contribution in [1.82, 2.24) is 4.90 Å². The lowest BCUT2D eigenvalue weighted by atomic mass is 9.66. The number of nitrogens with zero attached hydrogens (tertiary/aromatic N) is 1. The molecule has 1 N–H and O–H groups in total. The molecule has 2 aliphatic carbocycles. The molecule has 1 heterocycles. The zero-order valence-electron chi connectivity index (χ0n) is 12.1. The second-order valence-electron chi connectivity index (χ2n) is 6.96. The second-order valence-corrected chi connectivity index (χ2v) is 6.96. The molecule has 1 saturated heterocycles. The third kappa shape index (κ3) is 2.33. The largest absolute Gasteiger partial charge is 0.481 e. The van der Waals surface area contributed by atoms with Gasteiger partial charge in [-0.2, -0.15) is 0 Å². The number of carboxylic acid groups (broad SMARTS) is 1. The monoisotopic (exact) mass is 279 g/mol. The average Bonchev–Trinajstić information content (AvgIpc) is 3.01. The van der Waals surface area contributed by atoms with E-state index in [-0.39, 0.29) is 12.3 Å². The predicted octanol–water partition coefficient (Wildman–Crippen LogP) is 2.81. The van der Waals surface area contributed by atoms with Crippen LogP contribution in [0.2, 0.25) is 0 Å².